The zero-order valence-corrected chi connectivity index (χ0v) is 12.5. The van der Waals surface area contributed by atoms with Crippen LogP contribution >= 0.6 is 0 Å². The maximum Gasteiger partial charge on any atom is 0.151 e. The molecule has 0 aliphatic carbocycles. The van der Waals surface area contributed by atoms with E-state index in [1.165, 1.54) is 0 Å². The maximum absolute atomic E-state index is 11.2. The Hall–Kier alpha value is -0.210. The van der Waals surface area contributed by atoms with Gasteiger partial charge in [0.1, 0.15) is 0 Å². The Morgan fingerprint density at radius 1 is 1.37 bits per heavy atom. The third-order valence-electron chi connectivity index (χ3n) is 2.86. The first-order valence-electron chi connectivity index (χ1n) is 6.70. The van der Waals surface area contributed by atoms with Gasteiger partial charge in [0.15, 0.2) is 9.84 Å². The average molecular weight is 295 g/mol. The van der Waals surface area contributed by atoms with Crippen molar-refractivity contribution in [1.29, 1.82) is 0 Å². The molecule has 1 heterocycles. The summed E-state index contributed by atoms with van der Waals surface area (Å²) >= 11 is 0. The summed E-state index contributed by atoms with van der Waals surface area (Å²) in [7, 11) is -2.87. The lowest BCUT2D eigenvalue weighted by molar-refractivity contribution is -0.0103. The normalized spacial score (nSPS) is 23.9. The second kappa shape index (κ2) is 8.16. The third kappa shape index (κ3) is 7.84. The lowest BCUT2D eigenvalue weighted by atomic mass is 10.2. The first kappa shape index (κ1) is 16.8. The molecule has 1 fully saturated rings. The molecular formula is C12H25NO5S. The SMILES string of the molecule is CC(C)OCCOCC(O)CNC1CCS(=O)(=O)C1. The number of nitrogens with one attached hydrogen (secondary N) is 1. The summed E-state index contributed by atoms with van der Waals surface area (Å²) in [4.78, 5) is 0. The summed E-state index contributed by atoms with van der Waals surface area (Å²) in [6, 6.07) is -0.0380. The molecule has 1 aliphatic heterocycles. The number of sulfone groups is 1. The van der Waals surface area contributed by atoms with E-state index >= 15 is 0 Å². The Bertz CT molecular complexity index is 344. The fourth-order valence-electron chi connectivity index (χ4n) is 1.88. The summed E-state index contributed by atoms with van der Waals surface area (Å²) in [5.41, 5.74) is 0. The first-order valence-corrected chi connectivity index (χ1v) is 8.52. The Balaban J connectivity index is 2.01. The maximum atomic E-state index is 11.2. The zero-order valence-electron chi connectivity index (χ0n) is 11.7. The van der Waals surface area contributed by atoms with E-state index in [0.717, 1.165) is 0 Å². The molecule has 0 bridgehead atoms. The van der Waals surface area contributed by atoms with Gasteiger partial charge in [-0.05, 0) is 20.3 Å². The molecule has 0 aromatic rings. The molecule has 2 N–H and O–H groups in total. The summed E-state index contributed by atoms with van der Waals surface area (Å²) < 4.78 is 33.1. The highest BCUT2D eigenvalue weighted by molar-refractivity contribution is 7.91. The van der Waals surface area contributed by atoms with E-state index in [2.05, 4.69) is 5.32 Å². The lowest BCUT2D eigenvalue weighted by Crippen LogP contribution is -2.38. The van der Waals surface area contributed by atoms with Crippen molar-refractivity contribution < 1.29 is 23.0 Å². The highest BCUT2D eigenvalue weighted by Gasteiger charge is 2.27. The number of hydrogen-bond donors (Lipinski definition) is 2. The summed E-state index contributed by atoms with van der Waals surface area (Å²) in [6.07, 6.45) is 0.180. The second-order valence-corrected chi connectivity index (χ2v) is 7.39. The fraction of sp³-hybridized carbons (Fsp3) is 1.00. The van der Waals surface area contributed by atoms with E-state index in [1.54, 1.807) is 0 Å². The first-order chi connectivity index (χ1) is 8.89. The molecule has 1 aliphatic rings. The molecule has 0 aromatic heterocycles. The van der Waals surface area contributed by atoms with Gasteiger partial charge >= 0.3 is 0 Å². The van der Waals surface area contributed by atoms with Crippen LogP contribution in [0.15, 0.2) is 0 Å². The highest BCUT2D eigenvalue weighted by Crippen LogP contribution is 2.10. The minimum Gasteiger partial charge on any atom is -0.389 e. The lowest BCUT2D eigenvalue weighted by Gasteiger charge is -2.16. The quantitative estimate of drug-likeness (QED) is 0.561. The Morgan fingerprint density at radius 2 is 2.11 bits per heavy atom. The van der Waals surface area contributed by atoms with Crippen LogP contribution in [-0.2, 0) is 19.3 Å². The predicted molar refractivity (Wildman–Crippen MR) is 73.0 cm³/mol. The second-order valence-electron chi connectivity index (χ2n) is 5.16. The van der Waals surface area contributed by atoms with Gasteiger partial charge in [-0.1, -0.05) is 0 Å². The van der Waals surface area contributed by atoms with Crippen molar-refractivity contribution in [1.82, 2.24) is 5.32 Å². The highest BCUT2D eigenvalue weighted by atomic mass is 32.2. The van der Waals surface area contributed by atoms with Crippen LogP contribution in [0.1, 0.15) is 20.3 Å². The standard InChI is InChI=1S/C12H25NO5S/c1-10(2)18-5-4-17-8-12(14)7-13-11-3-6-19(15,16)9-11/h10-14H,3-9H2,1-2H3. The van der Waals surface area contributed by atoms with Gasteiger partial charge in [-0.15, -0.1) is 0 Å². The number of ether oxygens (including phenoxy) is 2. The number of aliphatic hydroxyl groups excluding tert-OH is 1. The number of hydrogen-bond acceptors (Lipinski definition) is 6. The van der Waals surface area contributed by atoms with E-state index in [1.807, 2.05) is 13.8 Å². The molecule has 0 saturated carbocycles. The molecule has 114 valence electrons. The third-order valence-corrected chi connectivity index (χ3v) is 4.63. The van der Waals surface area contributed by atoms with Gasteiger partial charge in [-0.25, -0.2) is 8.42 Å². The van der Waals surface area contributed by atoms with Crippen LogP contribution in [0.25, 0.3) is 0 Å². The van der Waals surface area contributed by atoms with Crippen LogP contribution in [0.4, 0.5) is 0 Å². The zero-order chi connectivity index (χ0) is 14.3. The minimum atomic E-state index is -2.87. The van der Waals surface area contributed by atoms with Gasteiger partial charge in [0.25, 0.3) is 0 Å². The van der Waals surface area contributed by atoms with Gasteiger partial charge in [0, 0.05) is 12.6 Å². The fourth-order valence-corrected chi connectivity index (χ4v) is 3.59. The molecule has 7 heteroatoms. The van der Waals surface area contributed by atoms with Crippen molar-refractivity contribution >= 4 is 9.84 Å². The molecule has 0 radical (unpaired) electrons. The molecule has 1 saturated heterocycles. The molecule has 19 heavy (non-hydrogen) atoms. The van der Waals surface area contributed by atoms with E-state index < -0.39 is 15.9 Å². The van der Waals surface area contributed by atoms with Crippen molar-refractivity contribution in [3.63, 3.8) is 0 Å². The van der Waals surface area contributed by atoms with Crippen LogP contribution in [0.5, 0.6) is 0 Å². The summed E-state index contributed by atoms with van der Waals surface area (Å²) in [5, 5.41) is 12.7. The minimum absolute atomic E-state index is 0.0380. The van der Waals surface area contributed by atoms with E-state index in [4.69, 9.17) is 9.47 Å². The van der Waals surface area contributed by atoms with E-state index in [9.17, 15) is 13.5 Å². The van der Waals surface area contributed by atoms with Crippen molar-refractivity contribution in [2.45, 2.75) is 38.5 Å². The van der Waals surface area contributed by atoms with Crippen LogP contribution in [0.3, 0.4) is 0 Å². The molecule has 1 rings (SSSR count). The Kier molecular flexibility index (Phi) is 7.23. The van der Waals surface area contributed by atoms with Crippen molar-refractivity contribution in [2.24, 2.45) is 0 Å². The number of rotatable bonds is 9. The molecule has 0 spiro atoms. The monoisotopic (exact) mass is 295 g/mol. The molecule has 6 nitrogen and oxygen atoms in total. The van der Waals surface area contributed by atoms with Crippen molar-refractivity contribution in [3.05, 3.63) is 0 Å². The van der Waals surface area contributed by atoms with Crippen LogP contribution in [-0.4, -0.2) is 69.6 Å². The molecule has 2 unspecified atom stereocenters. The molecule has 0 amide bonds. The predicted octanol–water partition coefficient (Wildman–Crippen LogP) is -0.434. The van der Waals surface area contributed by atoms with Gasteiger partial charge in [-0.3, -0.25) is 0 Å². The van der Waals surface area contributed by atoms with Crippen LogP contribution in [0.2, 0.25) is 0 Å². The van der Waals surface area contributed by atoms with Gasteiger partial charge in [0.2, 0.25) is 0 Å². The Morgan fingerprint density at radius 3 is 2.68 bits per heavy atom. The van der Waals surface area contributed by atoms with Crippen LogP contribution < -0.4 is 5.32 Å². The summed E-state index contributed by atoms with van der Waals surface area (Å²) in [5.74, 6) is 0.409. The van der Waals surface area contributed by atoms with Crippen molar-refractivity contribution in [3.8, 4) is 0 Å². The molecule has 0 aromatic carbocycles. The smallest absolute Gasteiger partial charge is 0.151 e. The average Bonchev–Trinajstić information content (AvgIpc) is 2.65. The Labute approximate surface area is 115 Å². The molecular weight excluding hydrogens is 270 g/mol. The van der Waals surface area contributed by atoms with Gasteiger partial charge < -0.3 is 19.9 Å². The van der Waals surface area contributed by atoms with Gasteiger partial charge in [0.05, 0.1) is 43.5 Å². The number of aliphatic hydroxyl groups is 1. The van der Waals surface area contributed by atoms with E-state index in [-0.39, 0.29) is 30.3 Å². The van der Waals surface area contributed by atoms with Gasteiger partial charge in [-0.2, -0.15) is 0 Å². The largest absolute Gasteiger partial charge is 0.389 e. The van der Waals surface area contributed by atoms with Crippen molar-refractivity contribution in [2.75, 3.05) is 37.9 Å². The topological polar surface area (TPSA) is 84.9 Å². The van der Waals surface area contributed by atoms with E-state index in [0.29, 0.717) is 26.2 Å². The molecule has 2 atom stereocenters. The summed E-state index contributed by atoms with van der Waals surface area (Å²) in [6.45, 7) is 5.45. The van der Waals surface area contributed by atoms with Crippen LogP contribution in [0, 0.1) is 0 Å².